The van der Waals surface area contributed by atoms with Crippen molar-refractivity contribution in [2.75, 3.05) is 42.6 Å². The summed E-state index contributed by atoms with van der Waals surface area (Å²) in [5.74, 6) is 1.45. The van der Waals surface area contributed by atoms with E-state index in [0.717, 1.165) is 62.8 Å². The molecule has 0 unspecified atom stereocenters. The third kappa shape index (κ3) is 3.17. The number of anilines is 3. The highest BCUT2D eigenvalue weighted by Crippen LogP contribution is 2.35. The van der Waals surface area contributed by atoms with Gasteiger partial charge in [-0.2, -0.15) is 4.98 Å². The van der Waals surface area contributed by atoms with Gasteiger partial charge in [0.1, 0.15) is 5.82 Å². The van der Waals surface area contributed by atoms with Gasteiger partial charge in [-0.3, -0.25) is 0 Å². The molecule has 3 aliphatic heterocycles. The molecule has 3 aliphatic rings. The molecule has 0 atom stereocenters. The predicted molar refractivity (Wildman–Crippen MR) is 105 cm³/mol. The highest BCUT2D eigenvalue weighted by molar-refractivity contribution is 5.66. The molecular weight excluding hydrogens is 340 g/mol. The fourth-order valence-corrected chi connectivity index (χ4v) is 4.42. The van der Waals surface area contributed by atoms with Crippen molar-refractivity contribution in [1.29, 1.82) is 0 Å². The number of piperidine rings is 1. The minimum absolute atomic E-state index is 0.366. The van der Waals surface area contributed by atoms with Crippen molar-refractivity contribution < 1.29 is 9.47 Å². The quantitative estimate of drug-likeness (QED) is 0.813. The molecule has 2 fully saturated rings. The Morgan fingerprint density at radius 1 is 1.00 bits per heavy atom. The Bertz CT molecular complexity index is 825. The minimum atomic E-state index is -0.366. The molecule has 4 heterocycles. The van der Waals surface area contributed by atoms with E-state index in [9.17, 15) is 0 Å². The second-order valence-corrected chi connectivity index (χ2v) is 7.65. The van der Waals surface area contributed by atoms with Gasteiger partial charge in [0, 0.05) is 49.9 Å². The van der Waals surface area contributed by atoms with Crippen LogP contribution in [0.4, 0.5) is 17.5 Å². The maximum Gasteiger partial charge on any atom is 0.227 e. The number of ether oxygens (including phenoxy) is 2. The molecule has 0 radical (unpaired) electrons. The number of hydrogen-bond donors (Lipinski definition) is 0. The average molecular weight is 366 g/mol. The smallest absolute Gasteiger partial charge is 0.227 e. The zero-order valence-electron chi connectivity index (χ0n) is 15.9. The molecule has 1 aromatic heterocycles. The summed E-state index contributed by atoms with van der Waals surface area (Å²) in [7, 11) is 0. The number of para-hydroxylation sites is 1. The second kappa shape index (κ2) is 6.77. The van der Waals surface area contributed by atoms with Crippen LogP contribution in [-0.4, -0.2) is 48.6 Å². The maximum atomic E-state index is 5.85. The summed E-state index contributed by atoms with van der Waals surface area (Å²) in [6.45, 7) is 6.19. The molecule has 142 valence electrons. The number of benzene rings is 1. The fourth-order valence-electron chi connectivity index (χ4n) is 4.42. The van der Waals surface area contributed by atoms with Crippen molar-refractivity contribution in [3.8, 4) is 0 Å². The van der Waals surface area contributed by atoms with E-state index >= 15 is 0 Å². The number of aromatic nitrogens is 2. The zero-order valence-corrected chi connectivity index (χ0v) is 15.9. The van der Waals surface area contributed by atoms with Crippen molar-refractivity contribution in [1.82, 2.24) is 9.97 Å². The molecule has 0 saturated carbocycles. The Labute approximate surface area is 160 Å². The van der Waals surface area contributed by atoms with Gasteiger partial charge in [-0.25, -0.2) is 4.98 Å². The number of fused-ring (bicyclic) bond motifs is 1. The highest BCUT2D eigenvalue weighted by atomic mass is 16.7. The molecular formula is C21H26N4O2. The van der Waals surface area contributed by atoms with Crippen molar-refractivity contribution in [3.05, 3.63) is 41.6 Å². The molecule has 27 heavy (non-hydrogen) atoms. The summed E-state index contributed by atoms with van der Waals surface area (Å²) >= 11 is 0. The summed E-state index contributed by atoms with van der Waals surface area (Å²) in [5, 5.41) is 0. The Balaban J connectivity index is 1.41. The largest absolute Gasteiger partial charge is 0.347 e. The first kappa shape index (κ1) is 17.0. The van der Waals surface area contributed by atoms with Gasteiger partial charge in [-0.1, -0.05) is 18.2 Å². The normalized spacial score (nSPS) is 21.5. The summed E-state index contributed by atoms with van der Waals surface area (Å²) < 4.78 is 11.7. The van der Waals surface area contributed by atoms with Gasteiger partial charge < -0.3 is 19.3 Å². The molecule has 0 aliphatic carbocycles. The fraction of sp³-hybridized carbons (Fsp3) is 0.524. The van der Waals surface area contributed by atoms with Crippen LogP contribution >= 0.6 is 0 Å². The van der Waals surface area contributed by atoms with Crippen LogP contribution in [0.1, 0.15) is 30.5 Å². The zero-order chi connectivity index (χ0) is 18.3. The molecule has 2 saturated heterocycles. The molecule has 0 N–H and O–H groups in total. The van der Waals surface area contributed by atoms with Crippen LogP contribution in [0.25, 0.3) is 0 Å². The van der Waals surface area contributed by atoms with E-state index in [-0.39, 0.29) is 5.79 Å². The molecule has 6 heteroatoms. The van der Waals surface area contributed by atoms with Crippen LogP contribution in [-0.2, 0) is 15.9 Å². The number of rotatable bonds is 2. The summed E-state index contributed by atoms with van der Waals surface area (Å²) in [4.78, 5) is 14.3. The Hall–Kier alpha value is -2.18. The molecule has 2 aromatic rings. The molecule has 6 nitrogen and oxygen atoms in total. The van der Waals surface area contributed by atoms with Gasteiger partial charge in [-0.15, -0.1) is 0 Å². The lowest BCUT2D eigenvalue weighted by Crippen LogP contribution is -2.45. The third-order valence-corrected chi connectivity index (χ3v) is 5.84. The van der Waals surface area contributed by atoms with Crippen molar-refractivity contribution >= 4 is 17.5 Å². The SMILES string of the molecule is Cc1cc(N2CCCc3ccccc32)nc(N2CCC3(CC2)OCCO3)n1. The summed E-state index contributed by atoms with van der Waals surface area (Å²) in [6, 6.07) is 10.8. The van der Waals surface area contributed by atoms with Gasteiger partial charge in [0.15, 0.2) is 5.79 Å². The minimum Gasteiger partial charge on any atom is -0.347 e. The predicted octanol–water partition coefficient (Wildman–Crippen LogP) is 3.21. The van der Waals surface area contributed by atoms with Crippen LogP contribution in [0.5, 0.6) is 0 Å². The van der Waals surface area contributed by atoms with Crippen LogP contribution in [0.2, 0.25) is 0 Å². The first-order chi connectivity index (χ1) is 13.2. The van der Waals surface area contributed by atoms with Gasteiger partial charge in [0.2, 0.25) is 5.95 Å². The van der Waals surface area contributed by atoms with Crippen molar-refractivity contribution in [2.45, 2.75) is 38.4 Å². The van der Waals surface area contributed by atoms with Crippen LogP contribution in [0.15, 0.2) is 30.3 Å². The van der Waals surface area contributed by atoms with Gasteiger partial charge in [0.25, 0.3) is 0 Å². The topological polar surface area (TPSA) is 50.7 Å². The van der Waals surface area contributed by atoms with E-state index < -0.39 is 0 Å². The van der Waals surface area contributed by atoms with E-state index in [0.29, 0.717) is 13.2 Å². The lowest BCUT2D eigenvalue weighted by atomic mass is 10.0. The van der Waals surface area contributed by atoms with Crippen LogP contribution in [0, 0.1) is 6.92 Å². The van der Waals surface area contributed by atoms with Crippen molar-refractivity contribution in [3.63, 3.8) is 0 Å². The van der Waals surface area contributed by atoms with E-state index in [1.807, 2.05) is 0 Å². The summed E-state index contributed by atoms with van der Waals surface area (Å²) in [6.07, 6.45) is 4.02. The lowest BCUT2D eigenvalue weighted by molar-refractivity contribution is -0.169. The average Bonchev–Trinajstić information content (AvgIpc) is 3.15. The second-order valence-electron chi connectivity index (χ2n) is 7.65. The van der Waals surface area contributed by atoms with E-state index in [1.54, 1.807) is 0 Å². The van der Waals surface area contributed by atoms with Crippen LogP contribution in [0.3, 0.4) is 0 Å². The van der Waals surface area contributed by atoms with Gasteiger partial charge in [0.05, 0.1) is 13.2 Å². The Morgan fingerprint density at radius 3 is 2.59 bits per heavy atom. The first-order valence-electron chi connectivity index (χ1n) is 9.96. The monoisotopic (exact) mass is 366 g/mol. The molecule has 1 aromatic carbocycles. The molecule has 5 rings (SSSR count). The van der Waals surface area contributed by atoms with Gasteiger partial charge in [-0.05, 0) is 31.4 Å². The first-order valence-corrected chi connectivity index (χ1v) is 9.96. The molecule has 0 amide bonds. The molecule has 0 bridgehead atoms. The lowest BCUT2D eigenvalue weighted by Gasteiger charge is -2.38. The van der Waals surface area contributed by atoms with E-state index in [4.69, 9.17) is 19.4 Å². The Morgan fingerprint density at radius 2 is 1.78 bits per heavy atom. The maximum absolute atomic E-state index is 5.85. The standard InChI is InChI=1S/C21H26N4O2/c1-16-15-19(25-10-4-6-17-5-2-3-7-18(17)25)23-20(22-16)24-11-8-21(9-12-24)26-13-14-27-21/h2-3,5,7,15H,4,6,8-14H2,1H3. The van der Waals surface area contributed by atoms with Crippen LogP contribution < -0.4 is 9.80 Å². The van der Waals surface area contributed by atoms with E-state index in [1.165, 1.54) is 11.3 Å². The number of hydrogen-bond acceptors (Lipinski definition) is 6. The van der Waals surface area contributed by atoms with Crippen molar-refractivity contribution in [2.24, 2.45) is 0 Å². The number of nitrogens with zero attached hydrogens (tertiary/aromatic N) is 4. The third-order valence-electron chi connectivity index (χ3n) is 5.84. The van der Waals surface area contributed by atoms with E-state index in [2.05, 4.69) is 47.1 Å². The summed E-state index contributed by atoms with van der Waals surface area (Å²) in [5.41, 5.74) is 3.68. The highest BCUT2D eigenvalue weighted by Gasteiger charge is 2.40. The van der Waals surface area contributed by atoms with Gasteiger partial charge >= 0.3 is 0 Å². The Kier molecular flexibility index (Phi) is 4.25. The number of aryl methyl sites for hydroxylation is 2. The molecule has 1 spiro atoms.